The summed E-state index contributed by atoms with van der Waals surface area (Å²) in [4.78, 5) is 38.5. The van der Waals surface area contributed by atoms with E-state index in [-0.39, 0.29) is 18.2 Å². The first-order valence-corrected chi connectivity index (χ1v) is 8.28. The maximum atomic E-state index is 12.8. The van der Waals surface area contributed by atoms with Crippen LogP contribution in [0.15, 0.2) is 24.3 Å². The number of rotatable bonds is 8. The Balaban J connectivity index is 2.18. The lowest BCUT2D eigenvalue weighted by molar-refractivity contribution is -0.131. The second kappa shape index (κ2) is 7.47. The molecule has 130 valence electrons. The number of ether oxygens (including phenoxy) is 1. The van der Waals surface area contributed by atoms with Gasteiger partial charge in [0.05, 0.1) is 13.7 Å². The van der Waals surface area contributed by atoms with Crippen molar-refractivity contribution in [1.82, 2.24) is 10.2 Å². The number of nitrogens with one attached hydrogen (secondary N) is 1. The van der Waals surface area contributed by atoms with Crippen LogP contribution in [0, 0.1) is 0 Å². The standard InChI is InChI=1S/C18H24N2O4/c1-4-9-18(10-5-2)16(22)20(17(23)19-18)12-15(21)13-7-6-8-14(11-13)24-3/h6-8,11H,4-5,9-10,12H2,1-3H3,(H,19,23). The Labute approximate surface area is 142 Å². The monoisotopic (exact) mass is 332 g/mol. The van der Waals surface area contributed by atoms with Gasteiger partial charge >= 0.3 is 6.03 Å². The zero-order chi connectivity index (χ0) is 17.7. The molecule has 0 saturated carbocycles. The predicted molar refractivity (Wildman–Crippen MR) is 90.1 cm³/mol. The van der Waals surface area contributed by atoms with Crippen LogP contribution in [0.4, 0.5) is 4.79 Å². The molecule has 0 aliphatic carbocycles. The average Bonchev–Trinajstić information content (AvgIpc) is 2.80. The van der Waals surface area contributed by atoms with E-state index < -0.39 is 11.6 Å². The molecule has 1 aromatic carbocycles. The number of Topliss-reactive ketones (excluding diaryl/α,β-unsaturated/α-hetero) is 1. The number of methoxy groups -OCH3 is 1. The summed E-state index contributed by atoms with van der Waals surface area (Å²) in [5.74, 6) is -0.0296. The van der Waals surface area contributed by atoms with E-state index in [1.165, 1.54) is 7.11 Å². The van der Waals surface area contributed by atoms with Crippen molar-refractivity contribution < 1.29 is 19.1 Å². The molecule has 3 amide bonds. The second-order valence-electron chi connectivity index (χ2n) is 6.06. The number of amides is 3. The summed E-state index contributed by atoms with van der Waals surface area (Å²) in [6.07, 6.45) is 2.72. The molecule has 1 heterocycles. The number of urea groups is 1. The first-order valence-electron chi connectivity index (χ1n) is 8.28. The molecule has 0 bridgehead atoms. The fourth-order valence-corrected chi connectivity index (χ4v) is 3.17. The van der Waals surface area contributed by atoms with E-state index in [0.717, 1.165) is 17.7 Å². The number of hydrogen-bond donors (Lipinski definition) is 1. The van der Waals surface area contributed by atoms with E-state index in [4.69, 9.17) is 4.74 Å². The third-order valence-electron chi connectivity index (χ3n) is 4.29. The lowest BCUT2D eigenvalue weighted by atomic mass is 9.88. The molecule has 1 aliphatic rings. The van der Waals surface area contributed by atoms with Crippen LogP contribution in [-0.4, -0.2) is 41.8 Å². The quantitative estimate of drug-likeness (QED) is 0.587. The zero-order valence-corrected chi connectivity index (χ0v) is 14.4. The summed E-state index contributed by atoms with van der Waals surface area (Å²) < 4.78 is 5.10. The molecular formula is C18H24N2O4. The van der Waals surface area contributed by atoms with Gasteiger partial charge in [0.2, 0.25) is 0 Å². The summed E-state index contributed by atoms with van der Waals surface area (Å²) in [7, 11) is 1.52. The summed E-state index contributed by atoms with van der Waals surface area (Å²) >= 11 is 0. The molecule has 0 unspecified atom stereocenters. The van der Waals surface area contributed by atoms with E-state index in [9.17, 15) is 14.4 Å². The van der Waals surface area contributed by atoms with Crippen LogP contribution in [0.3, 0.4) is 0 Å². The third-order valence-corrected chi connectivity index (χ3v) is 4.29. The van der Waals surface area contributed by atoms with Crippen LogP contribution < -0.4 is 10.1 Å². The van der Waals surface area contributed by atoms with E-state index in [2.05, 4.69) is 5.32 Å². The molecule has 2 rings (SSSR count). The van der Waals surface area contributed by atoms with E-state index >= 15 is 0 Å². The lowest BCUT2D eigenvalue weighted by Crippen LogP contribution is -2.47. The highest BCUT2D eigenvalue weighted by Crippen LogP contribution is 2.28. The molecule has 1 aromatic rings. The molecular weight excluding hydrogens is 308 g/mol. The van der Waals surface area contributed by atoms with Crippen LogP contribution in [0.25, 0.3) is 0 Å². The van der Waals surface area contributed by atoms with Gasteiger partial charge in [-0.05, 0) is 25.0 Å². The lowest BCUT2D eigenvalue weighted by Gasteiger charge is -2.25. The number of hydrogen-bond acceptors (Lipinski definition) is 4. The Morgan fingerprint density at radius 2 is 1.88 bits per heavy atom. The Morgan fingerprint density at radius 1 is 1.21 bits per heavy atom. The van der Waals surface area contributed by atoms with Crippen molar-refractivity contribution in [2.45, 2.75) is 45.1 Å². The number of imide groups is 1. The van der Waals surface area contributed by atoms with Crippen molar-refractivity contribution in [2.75, 3.05) is 13.7 Å². The van der Waals surface area contributed by atoms with Gasteiger partial charge in [-0.15, -0.1) is 0 Å². The minimum absolute atomic E-state index is 0.257. The molecule has 1 saturated heterocycles. The molecule has 0 spiro atoms. The molecule has 24 heavy (non-hydrogen) atoms. The predicted octanol–water partition coefficient (Wildman–Crippen LogP) is 2.77. The third kappa shape index (κ3) is 3.42. The van der Waals surface area contributed by atoms with Crippen LogP contribution in [0.1, 0.15) is 49.9 Å². The highest BCUT2D eigenvalue weighted by molar-refractivity contribution is 6.11. The van der Waals surface area contributed by atoms with Gasteiger partial charge in [-0.2, -0.15) is 0 Å². The summed E-state index contributed by atoms with van der Waals surface area (Å²) in [6.45, 7) is 3.69. The smallest absolute Gasteiger partial charge is 0.325 e. The van der Waals surface area contributed by atoms with Crippen LogP contribution in [0.5, 0.6) is 5.75 Å². The minimum Gasteiger partial charge on any atom is -0.497 e. The van der Waals surface area contributed by atoms with Gasteiger partial charge in [0.1, 0.15) is 11.3 Å². The first-order chi connectivity index (χ1) is 11.5. The average molecular weight is 332 g/mol. The molecule has 1 fully saturated rings. The molecule has 0 atom stereocenters. The molecule has 1 N–H and O–H groups in total. The molecule has 0 aromatic heterocycles. The summed E-state index contributed by atoms with van der Waals surface area (Å²) in [5, 5.41) is 2.81. The highest BCUT2D eigenvalue weighted by Gasteiger charge is 2.50. The largest absolute Gasteiger partial charge is 0.497 e. The van der Waals surface area contributed by atoms with Crippen molar-refractivity contribution in [1.29, 1.82) is 0 Å². The Bertz CT molecular complexity index is 636. The van der Waals surface area contributed by atoms with E-state index in [1.807, 2.05) is 13.8 Å². The van der Waals surface area contributed by atoms with Crippen molar-refractivity contribution >= 4 is 17.7 Å². The van der Waals surface area contributed by atoms with E-state index in [1.54, 1.807) is 24.3 Å². The number of carbonyl (C=O) groups excluding carboxylic acids is 3. The highest BCUT2D eigenvalue weighted by atomic mass is 16.5. The van der Waals surface area contributed by atoms with Crippen molar-refractivity contribution in [2.24, 2.45) is 0 Å². The maximum absolute atomic E-state index is 12.8. The van der Waals surface area contributed by atoms with Crippen molar-refractivity contribution in [3.63, 3.8) is 0 Å². The number of carbonyl (C=O) groups is 3. The maximum Gasteiger partial charge on any atom is 0.325 e. The van der Waals surface area contributed by atoms with Gasteiger partial charge in [0, 0.05) is 5.56 Å². The topological polar surface area (TPSA) is 75.7 Å². The Kier molecular flexibility index (Phi) is 5.59. The fourth-order valence-electron chi connectivity index (χ4n) is 3.17. The summed E-state index contributed by atoms with van der Waals surface area (Å²) in [5.41, 5.74) is -0.451. The number of nitrogens with zero attached hydrogens (tertiary/aromatic N) is 1. The molecule has 1 aliphatic heterocycles. The van der Waals surface area contributed by atoms with E-state index in [0.29, 0.717) is 24.2 Å². The first kappa shape index (κ1) is 18.0. The minimum atomic E-state index is -0.866. The molecule has 0 radical (unpaired) electrons. The van der Waals surface area contributed by atoms with Gasteiger partial charge in [-0.3, -0.25) is 14.5 Å². The van der Waals surface area contributed by atoms with Gasteiger partial charge in [0.15, 0.2) is 5.78 Å². The molecule has 6 nitrogen and oxygen atoms in total. The summed E-state index contributed by atoms with van der Waals surface area (Å²) in [6, 6.07) is 6.20. The van der Waals surface area contributed by atoms with Crippen molar-refractivity contribution in [3.05, 3.63) is 29.8 Å². The van der Waals surface area contributed by atoms with Crippen LogP contribution in [-0.2, 0) is 4.79 Å². The Hall–Kier alpha value is -2.37. The van der Waals surface area contributed by atoms with Gasteiger partial charge in [-0.1, -0.05) is 38.8 Å². The van der Waals surface area contributed by atoms with Crippen LogP contribution in [0.2, 0.25) is 0 Å². The van der Waals surface area contributed by atoms with Gasteiger partial charge in [-0.25, -0.2) is 4.79 Å². The SMILES string of the molecule is CCCC1(CCC)NC(=O)N(CC(=O)c2cccc(OC)c2)C1=O. The number of benzene rings is 1. The zero-order valence-electron chi connectivity index (χ0n) is 14.4. The van der Waals surface area contributed by atoms with Crippen molar-refractivity contribution in [3.8, 4) is 5.75 Å². The number of ketones is 1. The normalized spacial score (nSPS) is 16.2. The van der Waals surface area contributed by atoms with Gasteiger partial charge < -0.3 is 10.1 Å². The second-order valence-corrected chi connectivity index (χ2v) is 6.06. The van der Waals surface area contributed by atoms with Gasteiger partial charge in [0.25, 0.3) is 5.91 Å². The fraction of sp³-hybridized carbons (Fsp3) is 0.500. The Morgan fingerprint density at radius 3 is 2.46 bits per heavy atom. The van der Waals surface area contributed by atoms with Crippen LogP contribution >= 0.6 is 0 Å². The molecule has 6 heteroatoms.